The zero-order chi connectivity index (χ0) is 19.1. The lowest BCUT2D eigenvalue weighted by Crippen LogP contribution is -2.16. The highest BCUT2D eigenvalue weighted by molar-refractivity contribution is 7.15. The van der Waals surface area contributed by atoms with Gasteiger partial charge in [0.15, 0.2) is 11.5 Å². The zero-order valence-electron chi connectivity index (χ0n) is 15.8. The molecule has 0 aliphatic heterocycles. The fourth-order valence-corrected chi connectivity index (χ4v) is 3.72. The van der Waals surface area contributed by atoms with E-state index >= 15 is 0 Å². The lowest BCUT2D eigenvalue weighted by molar-refractivity contribution is 0.349. The van der Waals surface area contributed by atoms with Crippen LogP contribution in [0.2, 0.25) is 0 Å². The van der Waals surface area contributed by atoms with Gasteiger partial charge in [0.2, 0.25) is 0 Å². The summed E-state index contributed by atoms with van der Waals surface area (Å²) in [6.45, 7) is 1.66. The summed E-state index contributed by atoms with van der Waals surface area (Å²) in [4.78, 5) is 5.57. The van der Waals surface area contributed by atoms with Crippen LogP contribution in [-0.2, 0) is 13.0 Å². The highest BCUT2D eigenvalue weighted by Gasteiger charge is 2.15. The van der Waals surface area contributed by atoms with Gasteiger partial charge in [-0.2, -0.15) is 0 Å². The van der Waals surface area contributed by atoms with Crippen LogP contribution < -0.4 is 19.5 Å². The van der Waals surface area contributed by atoms with Crippen LogP contribution in [0.5, 0.6) is 17.2 Å². The van der Waals surface area contributed by atoms with E-state index in [0.717, 1.165) is 40.7 Å². The summed E-state index contributed by atoms with van der Waals surface area (Å²) in [5, 5.41) is 4.49. The Morgan fingerprint density at radius 2 is 1.63 bits per heavy atom. The highest BCUT2D eigenvalue weighted by atomic mass is 32.1. The average molecular weight is 385 g/mol. The standard InChI is InChI=1S/C21H24N2O3S/c1-24-17-12-19(26-3)18(25-2)11-16(17)20-13-23-21(27-20)14-22-10-9-15-7-5-4-6-8-15/h4-8,11-13,22H,9-10,14H2,1-3H3. The summed E-state index contributed by atoms with van der Waals surface area (Å²) in [6.07, 6.45) is 2.88. The van der Waals surface area contributed by atoms with Crippen LogP contribution in [0.1, 0.15) is 10.6 Å². The Labute approximate surface area is 163 Å². The van der Waals surface area contributed by atoms with Crippen molar-refractivity contribution in [2.24, 2.45) is 0 Å². The minimum absolute atomic E-state index is 0.644. The van der Waals surface area contributed by atoms with Gasteiger partial charge >= 0.3 is 0 Å². The molecule has 1 heterocycles. The molecule has 142 valence electrons. The van der Waals surface area contributed by atoms with Gasteiger partial charge in [-0.3, -0.25) is 0 Å². The number of rotatable bonds is 9. The molecular weight excluding hydrogens is 360 g/mol. The molecule has 0 bridgehead atoms. The number of benzene rings is 2. The third-order valence-corrected chi connectivity index (χ3v) is 5.26. The zero-order valence-corrected chi connectivity index (χ0v) is 16.6. The van der Waals surface area contributed by atoms with E-state index in [-0.39, 0.29) is 0 Å². The first-order chi connectivity index (χ1) is 13.2. The molecule has 0 radical (unpaired) electrons. The average Bonchev–Trinajstić information content (AvgIpc) is 3.19. The molecule has 0 atom stereocenters. The SMILES string of the molecule is COc1cc(OC)c(-c2cnc(CNCCc3ccccc3)s2)cc1OC. The summed E-state index contributed by atoms with van der Waals surface area (Å²) in [5.74, 6) is 2.05. The third kappa shape index (κ3) is 4.78. The Bertz CT molecular complexity index is 865. The minimum Gasteiger partial charge on any atom is -0.496 e. The minimum atomic E-state index is 0.644. The van der Waals surface area contributed by atoms with Crippen molar-refractivity contribution < 1.29 is 14.2 Å². The van der Waals surface area contributed by atoms with Gasteiger partial charge in [-0.15, -0.1) is 11.3 Å². The highest BCUT2D eigenvalue weighted by Crippen LogP contribution is 2.41. The first-order valence-corrected chi connectivity index (χ1v) is 9.56. The van der Waals surface area contributed by atoms with Gasteiger partial charge in [0, 0.05) is 24.4 Å². The van der Waals surface area contributed by atoms with Gasteiger partial charge in [-0.25, -0.2) is 4.98 Å². The second-order valence-electron chi connectivity index (χ2n) is 5.94. The van der Waals surface area contributed by atoms with E-state index in [4.69, 9.17) is 14.2 Å². The molecule has 6 heteroatoms. The van der Waals surface area contributed by atoms with Crippen molar-refractivity contribution in [1.29, 1.82) is 0 Å². The maximum Gasteiger partial charge on any atom is 0.164 e. The molecule has 0 saturated carbocycles. The molecule has 5 nitrogen and oxygen atoms in total. The summed E-state index contributed by atoms with van der Waals surface area (Å²) < 4.78 is 16.3. The fourth-order valence-electron chi connectivity index (χ4n) is 2.81. The number of ether oxygens (including phenoxy) is 3. The molecule has 1 N–H and O–H groups in total. The van der Waals surface area contributed by atoms with Crippen LogP contribution in [-0.4, -0.2) is 32.9 Å². The second-order valence-corrected chi connectivity index (χ2v) is 7.05. The molecule has 2 aromatic carbocycles. The molecule has 27 heavy (non-hydrogen) atoms. The number of aromatic nitrogens is 1. The van der Waals surface area contributed by atoms with E-state index in [9.17, 15) is 0 Å². The number of hydrogen-bond donors (Lipinski definition) is 1. The Kier molecular flexibility index (Phi) is 6.68. The second kappa shape index (κ2) is 9.39. The van der Waals surface area contributed by atoms with Crippen LogP contribution in [0.25, 0.3) is 10.4 Å². The van der Waals surface area contributed by atoms with Gasteiger partial charge in [0.25, 0.3) is 0 Å². The molecule has 3 aromatic rings. The van der Waals surface area contributed by atoms with Crippen molar-refractivity contribution in [3.63, 3.8) is 0 Å². The largest absolute Gasteiger partial charge is 0.496 e. The maximum atomic E-state index is 5.53. The van der Waals surface area contributed by atoms with E-state index in [1.54, 1.807) is 32.7 Å². The Balaban J connectivity index is 1.66. The molecular formula is C21H24N2O3S. The lowest BCUT2D eigenvalue weighted by atomic mass is 10.1. The molecule has 0 saturated heterocycles. The fraction of sp³-hybridized carbons (Fsp3) is 0.286. The normalized spacial score (nSPS) is 10.6. The number of hydrogen-bond acceptors (Lipinski definition) is 6. The number of nitrogens with zero attached hydrogens (tertiary/aromatic N) is 1. The molecule has 0 spiro atoms. The number of methoxy groups -OCH3 is 3. The smallest absolute Gasteiger partial charge is 0.164 e. The number of nitrogens with one attached hydrogen (secondary N) is 1. The number of thiazole rings is 1. The van der Waals surface area contributed by atoms with E-state index < -0.39 is 0 Å². The molecule has 0 fully saturated rings. The van der Waals surface area contributed by atoms with E-state index in [0.29, 0.717) is 11.5 Å². The molecule has 1 aromatic heterocycles. The first kappa shape index (κ1) is 19.2. The van der Waals surface area contributed by atoms with Gasteiger partial charge < -0.3 is 19.5 Å². The molecule has 0 amide bonds. The van der Waals surface area contributed by atoms with E-state index in [2.05, 4.69) is 34.6 Å². The van der Waals surface area contributed by atoms with Crippen molar-refractivity contribution in [3.05, 3.63) is 59.2 Å². The van der Waals surface area contributed by atoms with Crippen LogP contribution >= 0.6 is 11.3 Å². The monoisotopic (exact) mass is 384 g/mol. The maximum absolute atomic E-state index is 5.53. The van der Waals surface area contributed by atoms with E-state index in [1.165, 1.54) is 5.56 Å². The molecule has 3 rings (SSSR count). The first-order valence-electron chi connectivity index (χ1n) is 8.75. The Morgan fingerprint density at radius 1 is 0.926 bits per heavy atom. The summed E-state index contributed by atoms with van der Waals surface area (Å²) in [6, 6.07) is 14.2. The summed E-state index contributed by atoms with van der Waals surface area (Å²) in [5.41, 5.74) is 2.28. The van der Waals surface area contributed by atoms with Gasteiger partial charge in [0.05, 0.1) is 26.2 Å². The molecule has 0 aliphatic carbocycles. The van der Waals surface area contributed by atoms with Crippen LogP contribution in [0.4, 0.5) is 0 Å². The van der Waals surface area contributed by atoms with Crippen molar-refractivity contribution in [2.45, 2.75) is 13.0 Å². The lowest BCUT2D eigenvalue weighted by Gasteiger charge is -2.12. The topological polar surface area (TPSA) is 52.6 Å². The molecule has 0 unspecified atom stereocenters. The van der Waals surface area contributed by atoms with Gasteiger partial charge in [-0.1, -0.05) is 30.3 Å². The van der Waals surface area contributed by atoms with Crippen molar-refractivity contribution in [2.75, 3.05) is 27.9 Å². The van der Waals surface area contributed by atoms with Gasteiger partial charge in [-0.05, 0) is 24.6 Å². The third-order valence-electron chi connectivity index (χ3n) is 4.23. The molecule has 0 aliphatic rings. The van der Waals surface area contributed by atoms with Crippen LogP contribution in [0.3, 0.4) is 0 Å². The predicted molar refractivity (Wildman–Crippen MR) is 109 cm³/mol. The summed E-state index contributed by atoms with van der Waals surface area (Å²) in [7, 11) is 4.89. The summed E-state index contributed by atoms with van der Waals surface area (Å²) >= 11 is 1.64. The van der Waals surface area contributed by atoms with Crippen molar-refractivity contribution in [3.8, 4) is 27.7 Å². The van der Waals surface area contributed by atoms with Crippen LogP contribution in [0.15, 0.2) is 48.7 Å². The van der Waals surface area contributed by atoms with E-state index in [1.807, 2.05) is 24.4 Å². The predicted octanol–water partition coefficient (Wildman–Crippen LogP) is 4.17. The Morgan fingerprint density at radius 3 is 2.33 bits per heavy atom. The van der Waals surface area contributed by atoms with Crippen LogP contribution in [0, 0.1) is 0 Å². The van der Waals surface area contributed by atoms with Gasteiger partial charge in [0.1, 0.15) is 10.8 Å². The Hall–Kier alpha value is -2.57. The van der Waals surface area contributed by atoms with Crippen molar-refractivity contribution >= 4 is 11.3 Å². The quantitative estimate of drug-likeness (QED) is 0.561. The van der Waals surface area contributed by atoms with Crippen molar-refractivity contribution in [1.82, 2.24) is 10.3 Å².